The number of hydrogen-bond acceptors (Lipinski definition) is 4. The van der Waals surface area contributed by atoms with Gasteiger partial charge in [-0.05, 0) is 12.3 Å². The first-order valence-corrected chi connectivity index (χ1v) is 4.90. The molecule has 0 aliphatic rings. The van der Waals surface area contributed by atoms with Crippen LogP contribution in [0.5, 0.6) is 0 Å². The Kier molecular flexibility index (Phi) is 3.25. The van der Waals surface area contributed by atoms with E-state index in [1.54, 1.807) is 13.0 Å². The van der Waals surface area contributed by atoms with Gasteiger partial charge in [0.25, 0.3) is 0 Å². The molecule has 15 heavy (non-hydrogen) atoms. The van der Waals surface area contributed by atoms with E-state index < -0.39 is 0 Å². The fraction of sp³-hybridized carbons (Fsp3) is 0.545. The Balaban J connectivity index is 2.78. The highest BCUT2D eigenvalue weighted by Gasteiger charge is 2.10. The van der Waals surface area contributed by atoms with Crippen molar-refractivity contribution in [2.75, 3.05) is 11.9 Å². The van der Waals surface area contributed by atoms with Crippen molar-refractivity contribution >= 4 is 5.82 Å². The number of aromatic nitrogens is 2. The van der Waals surface area contributed by atoms with Gasteiger partial charge in [-0.15, -0.1) is 0 Å². The van der Waals surface area contributed by atoms with Gasteiger partial charge in [-0.1, -0.05) is 20.8 Å². The summed E-state index contributed by atoms with van der Waals surface area (Å²) in [5.41, 5.74) is 0.588. The summed E-state index contributed by atoms with van der Waals surface area (Å²) >= 11 is 0. The van der Waals surface area contributed by atoms with E-state index in [1.807, 2.05) is 6.07 Å². The Hall–Kier alpha value is -1.63. The maximum absolute atomic E-state index is 8.75. The van der Waals surface area contributed by atoms with Crippen LogP contribution in [0.3, 0.4) is 0 Å². The molecule has 0 saturated heterocycles. The lowest BCUT2D eigenvalue weighted by Gasteiger charge is -2.19. The molecule has 0 amide bonds. The highest BCUT2D eigenvalue weighted by Crippen LogP contribution is 2.14. The molecule has 0 saturated carbocycles. The van der Waals surface area contributed by atoms with Gasteiger partial charge < -0.3 is 5.32 Å². The second-order valence-corrected chi connectivity index (χ2v) is 4.71. The summed E-state index contributed by atoms with van der Waals surface area (Å²) in [6.45, 7) is 9.01. The molecule has 1 aromatic rings. The number of nitrogens with one attached hydrogen (secondary N) is 1. The lowest BCUT2D eigenvalue weighted by Crippen LogP contribution is -2.19. The zero-order valence-electron chi connectivity index (χ0n) is 9.63. The summed E-state index contributed by atoms with van der Waals surface area (Å²) in [4.78, 5) is 8.20. The third-order valence-corrected chi connectivity index (χ3v) is 1.75. The van der Waals surface area contributed by atoms with Crippen LogP contribution in [-0.4, -0.2) is 16.5 Å². The first-order valence-electron chi connectivity index (χ1n) is 4.90. The summed E-state index contributed by atoms with van der Waals surface area (Å²) in [6.07, 6.45) is 0. The minimum absolute atomic E-state index is 0.186. The lowest BCUT2D eigenvalue weighted by atomic mass is 9.97. The third-order valence-electron chi connectivity index (χ3n) is 1.75. The van der Waals surface area contributed by atoms with E-state index in [-0.39, 0.29) is 5.41 Å². The van der Waals surface area contributed by atoms with E-state index in [0.29, 0.717) is 17.3 Å². The van der Waals surface area contributed by atoms with E-state index in [1.165, 1.54) is 0 Å². The molecule has 0 aromatic carbocycles. The van der Waals surface area contributed by atoms with Crippen LogP contribution in [0.2, 0.25) is 0 Å². The molecule has 0 spiro atoms. The number of anilines is 1. The largest absolute Gasteiger partial charge is 0.369 e. The quantitative estimate of drug-likeness (QED) is 0.801. The molecule has 0 aliphatic carbocycles. The minimum atomic E-state index is 0.186. The fourth-order valence-electron chi connectivity index (χ4n) is 1.07. The Morgan fingerprint density at radius 3 is 2.60 bits per heavy atom. The molecule has 1 N–H and O–H groups in total. The van der Waals surface area contributed by atoms with Crippen molar-refractivity contribution in [1.29, 1.82) is 5.26 Å². The van der Waals surface area contributed by atoms with Gasteiger partial charge in [0.1, 0.15) is 23.4 Å². The first kappa shape index (κ1) is 11.4. The molecule has 0 aliphatic heterocycles. The Morgan fingerprint density at radius 1 is 1.40 bits per heavy atom. The van der Waals surface area contributed by atoms with Crippen LogP contribution >= 0.6 is 0 Å². The standard InChI is InChI=1S/C11H16N4/c1-8-14-9(6-12)5-10(15-8)13-7-11(2,3)4/h5H,7H2,1-4H3,(H,13,14,15). The molecule has 4 nitrogen and oxygen atoms in total. The van der Waals surface area contributed by atoms with Gasteiger partial charge in [0, 0.05) is 12.6 Å². The molecule has 1 heterocycles. The highest BCUT2D eigenvalue weighted by molar-refractivity contribution is 5.39. The van der Waals surface area contributed by atoms with Gasteiger partial charge >= 0.3 is 0 Å². The van der Waals surface area contributed by atoms with Gasteiger partial charge in [0.05, 0.1) is 0 Å². The van der Waals surface area contributed by atoms with Crippen LogP contribution < -0.4 is 5.32 Å². The fourth-order valence-corrected chi connectivity index (χ4v) is 1.07. The number of nitriles is 1. The Bertz CT molecular complexity index is 385. The normalized spacial score (nSPS) is 10.9. The van der Waals surface area contributed by atoms with Crippen LogP contribution in [0, 0.1) is 23.7 Å². The molecule has 0 unspecified atom stereocenters. The smallest absolute Gasteiger partial charge is 0.146 e. The average Bonchev–Trinajstić information content (AvgIpc) is 2.13. The molecule has 4 heteroatoms. The maximum atomic E-state index is 8.75. The van der Waals surface area contributed by atoms with E-state index in [9.17, 15) is 0 Å². The molecule has 80 valence electrons. The predicted molar refractivity (Wildman–Crippen MR) is 59.4 cm³/mol. The summed E-state index contributed by atoms with van der Waals surface area (Å²) in [5.74, 6) is 1.33. The van der Waals surface area contributed by atoms with Crippen LogP contribution in [-0.2, 0) is 0 Å². The minimum Gasteiger partial charge on any atom is -0.369 e. The number of rotatable bonds is 2. The van der Waals surface area contributed by atoms with E-state index in [0.717, 1.165) is 6.54 Å². The van der Waals surface area contributed by atoms with E-state index >= 15 is 0 Å². The molecule has 1 rings (SSSR count). The molecule has 0 fully saturated rings. The molecule has 1 aromatic heterocycles. The van der Waals surface area contributed by atoms with Crippen molar-refractivity contribution in [3.8, 4) is 6.07 Å². The zero-order chi connectivity index (χ0) is 11.5. The Morgan fingerprint density at radius 2 is 2.07 bits per heavy atom. The van der Waals surface area contributed by atoms with Crippen molar-refractivity contribution in [3.05, 3.63) is 17.6 Å². The second kappa shape index (κ2) is 4.26. The summed E-state index contributed by atoms with van der Waals surface area (Å²) in [5, 5.41) is 11.9. The monoisotopic (exact) mass is 204 g/mol. The average molecular weight is 204 g/mol. The van der Waals surface area contributed by atoms with E-state index in [4.69, 9.17) is 5.26 Å². The number of hydrogen-bond donors (Lipinski definition) is 1. The van der Waals surface area contributed by atoms with Crippen molar-refractivity contribution in [2.45, 2.75) is 27.7 Å². The van der Waals surface area contributed by atoms with Gasteiger partial charge in [-0.3, -0.25) is 0 Å². The summed E-state index contributed by atoms with van der Waals surface area (Å²) in [7, 11) is 0. The SMILES string of the molecule is Cc1nc(C#N)cc(NCC(C)(C)C)n1. The van der Waals surface area contributed by atoms with Crippen molar-refractivity contribution in [1.82, 2.24) is 9.97 Å². The molecule has 0 radical (unpaired) electrons. The van der Waals surface area contributed by atoms with Crippen LogP contribution in [0.4, 0.5) is 5.82 Å². The lowest BCUT2D eigenvalue weighted by molar-refractivity contribution is 0.442. The third kappa shape index (κ3) is 3.94. The topological polar surface area (TPSA) is 61.6 Å². The van der Waals surface area contributed by atoms with Crippen LogP contribution in [0.15, 0.2) is 6.07 Å². The molecule has 0 atom stereocenters. The van der Waals surface area contributed by atoms with Crippen molar-refractivity contribution in [3.63, 3.8) is 0 Å². The Labute approximate surface area is 90.4 Å². The molecule has 0 bridgehead atoms. The number of aryl methyl sites for hydroxylation is 1. The summed E-state index contributed by atoms with van der Waals surface area (Å²) < 4.78 is 0. The molecular weight excluding hydrogens is 188 g/mol. The second-order valence-electron chi connectivity index (χ2n) is 4.71. The van der Waals surface area contributed by atoms with Crippen molar-refractivity contribution in [2.24, 2.45) is 5.41 Å². The van der Waals surface area contributed by atoms with Gasteiger partial charge in [0.2, 0.25) is 0 Å². The van der Waals surface area contributed by atoms with Crippen LogP contribution in [0.1, 0.15) is 32.3 Å². The van der Waals surface area contributed by atoms with Gasteiger partial charge in [0.15, 0.2) is 0 Å². The van der Waals surface area contributed by atoms with E-state index in [2.05, 4.69) is 36.1 Å². The first-order chi connectivity index (χ1) is 6.90. The zero-order valence-corrected chi connectivity index (χ0v) is 9.63. The van der Waals surface area contributed by atoms with Gasteiger partial charge in [-0.25, -0.2) is 9.97 Å². The molecular formula is C11H16N4. The number of nitrogens with zero attached hydrogens (tertiary/aromatic N) is 3. The maximum Gasteiger partial charge on any atom is 0.146 e. The highest BCUT2D eigenvalue weighted by atomic mass is 15.0. The van der Waals surface area contributed by atoms with Crippen molar-refractivity contribution < 1.29 is 0 Å². The van der Waals surface area contributed by atoms with Gasteiger partial charge in [-0.2, -0.15) is 5.26 Å². The summed E-state index contributed by atoms with van der Waals surface area (Å²) in [6, 6.07) is 3.68. The predicted octanol–water partition coefficient (Wildman–Crippen LogP) is 2.11. The van der Waals surface area contributed by atoms with Crippen LogP contribution in [0.25, 0.3) is 0 Å².